The van der Waals surface area contributed by atoms with Crippen LogP contribution in [0.2, 0.25) is 0 Å². The Morgan fingerprint density at radius 2 is 2.16 bits per heavy atom. The highest BCUT2D eigenvalue weighted by atomic mass is 32.1. The molecule has 1 amide bonds. The molecule has 1 saturated heterocycles. The average Bonchev–Trinajstić information content (AvgIpc) is 3.41. The number of nitrogens with zero attached hydrogens (tertiary/aromatic N) is 3. The molecule has 0 aliphatic carbocycles. The van der Waals surface area contributed by atoms with Crippen molar-refractivity contribution >= 4 is 17.2 Å². The van der Waals surface area contributed by atoms with Crippen LogP contribution in [0.4, 0.5) is 0 Å². The minimum absolute atomic E-state index is 0.141. The maximum absolute atomic E-state index is 12.6. The minimum atomic E-state index is 0.141. The summed E-state index contributed by atoms with van der Waals surface area (Å²) in [4.78, 5) is 19.1. The van der Waals surface area contributed by atoms with Crippen molar-refractivity contribution in [3.05, 3.63) is 58.5 Å². The van der Waals surface area contributed by atoms with Gasteiger partial charge in [0.15, 0.2) is 5.82 Å². The van der Waals surface area contributed by atoms with Crippen molar-refractivity contribution in [2.75, 3.05) is 6.54 Å². The predicted octanol–water partition coefficient (Wildman–Crippen LogP) is 4.04. The summed E-state index contributed by atoms with van der Waals surface area (Å²) >= 11 is 1.56. The normalized spacial score (nSPS) is 17.1. The molecule has 1 atom stereocenters. The van der Waals surface area contributed by atoms with Gasteiger partial charge in [-0.15, -0.1) is 0 Å². The van der Waals surface area contributed by atoms with E-state index in [1.807, 2.05) is 52.1 Å². The van der Waals surface area contributed by atoms with Crippen molar-refractivity contribution in [3.8, 4) is 11.5 Å². The lowest BCUT2D eigenvalue weighted by Gasteiger charge is -2.24. The largest absolute Gasteiger partial charge is 0.336 e. The molecular weight excluding hydrogens is 334 g/mol. The number of carbonyl (C=O) groups excluding carboxylic acids is 1. The number of rotatable bonds is 5. The zero-order chi connectivity index (χ0) is 17.1. The van der Waals surface area contributed by atoms with Gasteiger partial charge >= 0.3 is 0 Å². The quantitative estimate of drug-likeness (QED) is 0.695. The van der Waals surface area contributed by atoms with E-state index in [1.54, 1.807) is 11.3 Å². The van der Waals surface area contributed by atoms with Crippen LogP contribution in [0, 0.1) is 0 Å². The molecule has 5 nitrogen and oxygen atoms in total. The first-order valence-corrected chi connectivity index (χ1v) is 9.47. The number of benzene rings is 1. The SMILES string of the molecule is O=C(c1ccsc1)N1CCCC1CCc1noc(-c2ccccc2)n1. The molecule has 3 heterocycles. The lowest BCUT2D eigenvalue weighted by Crippen LogP contribution is -2.35. The molecule has 1 unspecified atom stereocenters. The van der Waals surface area contributed by atoms with Gasteiger partial charge in [-0.25, -0.2) is 0 Å². The van der Waals surface area contributed by atoms with Gasteiger partial charge in [0, 0.05) is 30.0 Å². The van der Waals surface area contributed by atoms with Gasteiger partial charge in [-0.1, -0.05) is 23.4 Å². The number of aromatic nitrogens is 2. The summed E-state index contributed by atoms with van der Waals surface area (Å²) in [6, 6.07) is 11.9. The van der Waals surface area contributed by atoms with E-state index in [-0.39, 0.29) is 11.9 Å². The Bertz CT molecular complexity index is 829. The Balaban J connectivity index is 1.39. The molecule has 1 aliphatic rings. The fourth-order valence-corrected chi connectivity index (χ4v) is 3.93. The highest BCUT2D eigenvalue weighted by molar-refractivity contribution is 7.08. The van der Waals surface area contributed by atoms with Gasteiger partial charge in [0.2, 0.25) is 0 Å². The molecule has 3 aromatic rings. The number of carbonyl (C=O) groups is 1. The third-order valence-corrected chi connectivity index (χ3v) is 5.28. The Labute approximate surface area is 150 Å². The molecule has 128 valence electrons. The maximum atomic E-state index is 12.6. The van der Waals surface area contributed by atoms with E-state index in [1.165, 1.54) is 0 Å². The van der Waals surface area contributed by atoms with Crippen molar-refractivity contribution in [1.82, 2.24) is 15.0 Å². The minimum Gasteiger partial charge on any atom is -0.336 e. The molecule has 1 aromatic carbocycles. The monoisotopic (exact) mass is 353 g/mol. The van der Waals surface area contributed by atoms with Gasteiger partial charge < -0.3 is 9.42 Å². The number of hydrogen-bond donors (Lipinski definition) is 0. The average molecular weight is 353 g/mol. The van der Waals surface area contributed by atoms with E-state index < -0.39 is 0 Å². The summed E-state index contributed by atoms with van der Waals surface area (Å²) in [5, 5.41) is 7.95. The smallest absolute Gasteiger partial charge is 0.257 e. The molecular formula is C19H19N3O2S. The van der Waals surface area contributed by atoms with Gasteiger partial charge in [-0.05, 0) is 42.8 Å². The van der Waals surface area contributed by atoms with E-state index in [0.29, 0.717) is 18.1 Å². The molecule has 25 heavy (non-hydrogen) atoms. The highest BCUT2D eigenvalue weighted by Gasteiger charge is 2.29. The lowest BCUT2D eigenvalue weighted by atomic mass is 10.1. The van der Waals surface area contributed by atoms with E-state index in [2.05, 4.69) is 10.1 Å². The van der Waals surface area contributed by atoms with Crippen molar-refractivity contribution in [2.45, 2.75) is 31.7 Å². The molecule has 2 aromatic heterocycles. The third-order valence-electron chi connectivity index (χ3n) is 4.60. The van der Waals surface area contributed by atoms with E-state index in [4.69, 9.17) is 4.52 Å². The third kappa shape index (κ3) is 3.49. The van der Waals surface area contributed by atoms with Crippen LogP contribution < -0.4 is 0 Å². The summed E-state index contributed by atoms with van der Waals surface area (Å²) in [6.07, 6.45) is 3.68. The first-order valence-electron chi connectivity index (χ1n) is 8.52. The van der Waals surface area contributed by atoms with Crippen LogP contribution in [0.15, 0.2) is 51.7 Å². The molecule has 0 spiro atoms. The zero-order valence-electron chi connectivity index (χ0n) is 13.8. The Hall–Kier alpha value is -2.47. The predicted molar refractivity (Wildman–Crippen MR) is 96.4 cm³/mol. The van der Waals surface area contributed by atoms with Crippen LogP contribution in [0.25, 0.3) is 11.5 Å². The Kier molecular flexibility index (Phi) is 4.61. The van der Waals surface area contributed by atoms with Crippen LogP contribution in [0.5, 0.6) is 0 Å². The fraction of sp³-hybridized carbons (Fsp3) is 0.316. The second-order valence-corrected chi connectivity index (χ2v) is 7.01. The van der Waals surface area contributed by atoms with Crippen molar-refractivity contribution < 1.29 is 9.32 Å². The van der Waals surface area contributed by atoms with E-state index in [9.17, 15) is 4.79 Å². The number of amides is 1. The summed E-state index contributed by atoms with van der Waals surface area (Å²) < 4.78 is 5.36. The first-order chi connectivity index (χ1) is 12.3. The molecule has 0 radical (unpaired) electrons. The van der Waals surface area contributed by atoms with Crippen LogP contribution in [0.1, 0.15) is 35.4 Å². The second-order valence-electron chi connectivity index (χ2n) is 6.23. The number of hydrogen-bond acceptors (Lipinski definition) is 5. The van der Waals surface area contributed by atoms with Gasteiger partial charge in [-0.3, -0.25) is 4.79 Å². The standard InChI is InChI=1S/C19H19N3O2S/c23-19(15-10-12-25-13-15)22-11-4-7-16(22)8-9-17-20-18(24-21-17)14-5-2-1-3-6-14/h1-3,5-6,10,12-13,16H,4,7-9,11H2. The van der Waals surface area contributed by atoms with E-state index in [0.717, 1.165) is 36.9 Å². The van der Waals surface area contributed by atoms with Crippen molar-refractivity contribution in [3.63, 3.8) is 0 Å². The van der Waals surface area contributed by atoms with Gasteiger partial charge in [0.1, 0.15) is 0 Å². The maximum Gasteiger partial charge on any atom is 0.257 e. The zero-order valence-corrected chi connectivity index (χ0v) is 14.6. The molecule has 0 saturated carbocycles. The second kappa shape index (κ2) is 7.19. The summed E-state index contributed by atoms with van der Waals surface area (Å²) in [5.74, 6) is 1.39. The Morgan fingerprint density at radius 3 is 2.96 bits per heavy atom. The number of thiophene rings is 1. The van der Waals surface area contributed by atoms with Gasteiger partial charge in [0.25, 0.3) is 11.8 Å². The lowest BCUT2D eigenvalue weighted by molar-refractivity contribution is 0.0731. The molecule has 6 heteroatoms. The van der Waals surface area contributed by atoms with Crippen LogP contribution in [0.3, 0.4) is 0 Å². The summed E-state index contributed by atoms with van der Waals surface area (Å²) in [6.45, 7) is 0.834. The van der Waals surface area contributed by atoms with Gasteiger partial charge in [0.05, 0.1) is 5.56 Å². The fourth-order valence-electron chi connectivity index (χ4n) is 3.30. The van der Waals surface area contributed by atoms with Crippen molar-refractivity contribution in [1.29, 1.82) is 0 Å². The summed E-state index contributed by atoms with van der Waals surface area (Å²) in [7, 11) is 0. The molecule has 1 aliphatic heterocycles. The molecule has 4 rings (SSSR count). The van der Waals surface area contributed by atoms with Crippen molar-refractivity contribution in [2.24, 2.45) is 0 Å². The Morgan fingerprint density at radius 1 is 1.28 bits per heavy atom. The highest BCUT2D eigenvalue weighted by Crippen LogP contribution is 2.25. The van der Waals surface area contributed by atoms with Crippen LogP contribution >= 0.6 is 11.3 Å². The number of aryl methyl sites for hydroxylation is 1. The summed E-state index contributed by atoms with van der Waals surface area (Å²) in [5.41, 5.74) is 1.72. The number of likely N-dealkylation sites (tertiary alicyclic amines) is 1. The molecule has 1 fully saturated rings. The topological polar surface area (TPSA) is 59.2 Å². The first kappa shape index (κ1) is 16.0. The molecule has 0 N–H and O–H groups in total. The molecule has 0 bridgehead atoms. The van der Waals surface area contributed by atoms with Gasteiger partial charge in [-0.2, -0.15) is 16.3 Å². The van der Waals surface area contributed by atoms with E-state index >= 15 is 0 Å². The van der Waals surface area contributed by atoms with Crippen LogP contribution in [-0.4, -0.2) is 33.5 Å². The van der Waals surface area contributed by atoms with Crippen LogP contribution in [-0.2, 0) is 6.42 Å².